The van der Waals surface area contributed by atoms with E-state index in [4.69, 9.17) is 0 Å². The first-order valence-corrected chi connectivity index (χ1v) is 7.42. The monoisotopic (exact) mass is 323 g/mol. The first kappa shape index (κ1) is 15.6. The summed E-state index contributed by atoms with van der Waals surface area (Å²) in [6.45, 7) is -1.29. The van der Waals surface area contributed by atoms with E-state index in [0.29, 0.717) is 16.3 Å². The van der Waals surface area contributed by atoms with E-state index in [1.807, 2.05) is 18.2 Å². The Balaban J connectivity index is 1.73. The highest BCUT2D eigenvalue weighted by Crippen LogP contribution is 2.37. The fourth-order valence-electron chi connectivity index (χ4n) is 2.63. The molecule has 0 atom stereocenters. The minimum absolute atomic E-state index is 0.114. The zero-order valence-electron chi connectivity index (χ0n) is 12.3. The van der Waals surface area contributed by atoms with Crippen LogP contribution in [0.2, 0.25) is 0 Å². The Morgan fingerprint density at radius 1 is 1.30 bits per heavy atom. The Morgan fingerprint density at radius 3 is 2.74 bits per heavy atom. The molecule has 4 nitrogen and oxygen atoms in total. The molecule has 1 amide bonds. The molecule has 0 unspecified atom stereocenters. The summed E-state index contributed by atoms with van der Waals surface area (Å²) in [6.07, 6.45) is 0.236. The first-order chi connectivity index (χ1) is 10.9. The van der Waals surface area contributed by atoms with E-state index in [9.17, 15) is 18.0 Å². The Hall–Kier alpha value is -2.31. The number of amides is 1. The van der Waals surface area contributed by atoms with Crippen LogP contribution in [0.25, 0.3) is 0 Å². The third-order valence-corrected chi connectivity index (χ3v) is 4.00. The first-order valence-electron chi connectivity index (χ1n) is 7.42. The molecule has 2 aromatic rings. The van der Waals surface area contributed by atoms with Crippen molar-refractivity contribution < 1.29 is 18.0 Å². The third kappa shape index (κ3) is 3.72. The van der Waals surface area contributed by atoms with Gasteiger partial charge in [0, 0.05) is 11.9 Å². The van der Waals surface area contributed by atoms with Gasteiger partial charge in [-0.05, 0) is 42.5 Å². The molecule has 0 aliphatic heterocycles. The van der Waals surface area contributed by atoms with Crippen molar-refractivity contribution >= 4 is 11.6 Å². The van der Waals surface area contributed by atoms with E-state index in [2.05, 4.69) is 10.4 Å². The summed E-state index contributed by atoms with van der Waals surface area (Å²) < 4.78 is 38.1. The van der Waals surface area contributed by atoms with Crippen LogP contribution < -0.4 is 5.32 Å². The standard InChI is InChI=1S/C16H16F3N3O/c17-16(18,19)10-22-14(7-8-20-22)15(23)21-13-6-2-5-12(9-13)11-3-1-4-11/h2,5-9,11H,1,3-4,10H2,(H,21,23). The Labute approximate surface area is 131 Å². The molecular weight excluding hydrogens is 307 g/mol. The predicted octanol–water partition coefficient (Wildman–Crippen LogP) is 3.97. The highest BCUT2D eigenvalue weighted by Gasteiger charge is 2.30. The molecule has 1 N–H and O–H groups in total. The zero-order chi connectivity index (χ0) is 16.4. The summed E-state index contributed by atoms with van der Waals surface area (Å²) in [7, 11) is 0. The van der Waals surface area contributed by atoms with Gasteiger partial charge < -0.3 is 5.32 Å². The molecule has 1 heterocycles. The molecular formula is C16H16F3N3O. The van der Waals surface area contributed by atoms with Crippen molar-refractivity contribution in [1.82, 2.24) is 9.78 Å². The van der Waals surface area contributed by atoms with Crippen molar-refractivity contribution in [3.63, 3.8) is 0 Å². The number of alkyl halides is 3. The van der Waals surface area contributed by atoms with E-state index in [1.165, 1.54) is 18.7 Å². The highest BCUT2D eigenvalue weighted by atomic mass is 19.4. The quantitative estimate of drug-likeness (QED) is 0.925. The van der Waals surface area contributed by atoms with Crippen LogP contribution in [0.15, 0.2) is 36.5 Å². The number of benzene rings is 1. The average molecular weight is 323 g/mol. The minimum atomic E-state index is -4.43. The molecule has 0 bridgehead atoms. The molecule has 0 radical (unpaired) electrons. The van der Waals surface area contributed by atoms with Crippen molar-refractivity contribution in [1.29, 1.82) is 0 Å². The number of rotatable bonds is 4. The Morgan fingerprint density at radius 2 is 2.09 bits per heavy atom. The van der Waals surface area contributed by atoms with E-state index >= 15 is 0 Å². The fourth-order valence-corrected chi connectivity index (χ4v) is 2.63. The minimum Gasteiger partial charge on any atom is -0.321 e. The van der Waals surface area contributed by atoms with Gasteiger partial charge in [0.2, 0.25) is 0 Å². The summed E-state index contributed by atoms with van der Waals surface area (Å²) in [5, 5.41) is 6.22. The van der Waals surface area contributed by atoms with Crippen molar-refractivity contribution in [2.75, 3.05) is 5.32 Å². The normalized spacial score (nSPS) is 15.3. The van der Waals surface area contributed by atoms with Crippen LogP contribution >= 0.6 is 0 Å². The molecule has 1 aliphatic rings. The maximum atomic E-state index is 12.5. The number of carbonyl (C=O) groups is 1. The molecule has 1 fully saturated rings. The van der Waals surface area contributed by atoms with Gasteiger partial charge in [-0.2, -0.15) is 18.3 Å². The Bertz CT molecular complexity index is 705. The van der Waals surface area contributed by atoms with Gasteiger partial charge in [-0.3, -0.25) is 9.48 Å². The van der Waals surface area contributed by atoms with Gasteiger partial charge in [0.05, 0.1) is 0 Å². The van der Waals surface area contributed by atoms with Crippen LogP contribution in [0.1, 0.15) is 41.2 Å². The number of hydrogen-bond acceptors (Lipinski definition) is 2. The van der Waals surface area contributed by atoms with Crippen molar-refractivity contribution in [3.8, 4) is 0 Å². The van der Waals surface area contributed by atoms with Crippen molar-refractivity contribution in [2.24, 2.45) is 0 Å². The zero-order valence-corrected chi connectivity index (χ0v) is 12.3. The Kier molecular flexibility index (Phi) is 4.11. The molecule has 3 rings (SSSR count). The molecule has 23 heavy (non-hydrogen) atoms. The summed E-state index contributed by atoms with van der Waals surface area (Å²) in [5.41, 5.74) is 1.62. The lowest BCUT2D eigenvalue weighted by molar-refractivity contribution is -0.142. The van der Waals surface area contributed by atoms with E-state index in [1.54, 1.807) is 6.07 Å². The number of halogens is 3. The number of anilines is 1. The van der Waals surface area contributed by atoms with Gasteiger partial charge in [0.15, 0.2) is 0 Å². The number of nitrogens with one attached hydrogen (secondary N) is 1. The maximum absolute atomic E-state index is 12.5. The van der Waals surface area contributed by atoms with E-state index in [0.717, 1.165) is 18.4 Å². The SMILES string of the molecule is O=C(Nc1cccc(C2CCC2)c1)c1ccnn1CC(F)(F)F. The van der Waals surface area contributed by atoms with Crippen LogP contribution in [0, 0.1) is 0 Å². The topological polar surface area (TPSA) is 46.9 Å². The second kappa shape index (κ2) is 6.06. The molecule has 0 spiro atoms. The van der Waals surface area contributed by atoms with Crippen LogP contribution in [-0.4, -0.2) is 21.9 Å². The van der Waals surface area contributed by atoms with Crippen LogP contribution in [0.5, 0.6) is 0 Å². The van der Waals surface area contributed by atoms with E-state index in [-0.39, 0.29) is 5.69 Å². The maximum Gasteiger partial charge on any atom is 0.408 e. The largest absolute Gasteiger partial charge is 0.408 e. The van der Waals surface area contributed by atoms with Gasteiger partial charge in [0.1, 0.15) is 12.2 Å². The van der Waals surface area contributed by atoms with Crippen molar-refractivity contribution in [3.05, 3.63) is 47.8 Å². The smallest absolute Gasteiger partial charge is 0.321 e. The molecule has 122 valence electrons. The molecule has 1 aromatic carbocycles. The van der Waals surface area contributed by atoms with Gasteiger partial charge in [-0.15, -0.1) is 0 Å². The third-order valence-electron chi connectivity index (χ3n) is 4.00. The van der Waals surface area contributed by atoms with Crippen LogP contribution in [0.3, 0.4) is 0 Å². The predicted molar refractivity (Wildman–Crippen MR) is 79.3 cm³/mol. The lowest BCUT2D eigenvalue weighted by Crippen LogP contribution is -2.24. The number of carbonyl (C=O) groups excluding carboxylic acids is 1. The molecule has 0 saturated heterocycles. The molecule has 1 saturated carbocycles. The number of aromatic nitrogens is 2. The second-order valence-corrected chi connectivity index (χ2v) is 5.70. The van der Waals surface area contributed by atoms with Gasteiger partial charge >= 0.3 is 6.18 Å². The lowest BCUT2D eigenvalue weighted by Gasteiger charge is -2.26. The van der Waals surface area contributed by atoms with Crippen molar-refractivity contribution in [2.45, 2.75) is 37.9 Å². The number of hydrogen-bond donors (Lipinski definition) is 1. The van der Waals surface area contributed by atoms with Gasteiger partial charge in [-0.1, -0.05) is 18.6 Å². The second-order valence-electron chi connectivity index (χ2n) is 5.70. The fraction of sp³-hybridized carbons (Fsp3) is 0.375. The summed E-state index contributed by atoms with van der Waals surface area (Å²) in [5.74, 6) is -0.0832. The molecule has 1 aliphatic carbocycles. The lowest BCUT2D eigenvalue weighted by atomic mass is 9.80. The average Bonchev–Trinajstić information content (AvgIpc) is 2.83. The van der Waals surface area contributed by atoms with Crippen LogP contribution in [0.4, 0.5) is 18.9 Å². The number of nitrogens with zero attached hydrogens (tertiary/aromatic N) is 2. The molecule has 7 heteroatoms. The summed E-state index contributed by atoms with van der Waals surface area (Å²) in [4.78, 5) is 12.2. The van der Waals surface area contributed by atoms with E-state index < -0.39 is 18.6 Å². The molecule has 1 aromatic heterocycles. The van der Waals surface area contributed by atoms with Gasteiger partial charge in [0.25, 0.3) is 5.91 Å². The summed E-state index contributed by atoms with van der Waals surface area (Å²) >= 11 is 0. The van der Waals surface area contributed by atoms with Gasteiger partial charge in [-0.25, -0.2) is 0 Å². The highest BCUT2D eigenvalue weighted by molar-refractivity contribution is 6.03. The van der Waals surface area contributed by atoms with Crippen LogP contribution in [-0.2, 0) is 6.54 Å². The summed E-state index contributed by atoms with van der Waals surface area (Å²) in [6, 6.07) is 8.73.